The molecule has 1 aliphatic rings. The van der Waals surface area contributed by atoms with Gasteiger partial charge in [0.05, 0.1) is 5.75 Å². The third kappa shape index (κ3) is 4.85. The summed E-state index contributed by atoms with van der Waals surface area (Å²) in [5, 5.41) is 8.56. The molecule has 0 radical (unpaired) electrons. The molecular weight excluding hydrogens is 402 g/mol. The molecule has 2 aromatic rings. The number of halogens is 1. The maximum Gasteiger partial charge on any atom is 0.277 e. The molecule has 3 rings (SSSR count). The highest BCUT2D eigenvalue weighted by atomic mass is 79.9. The van der Waals surface area contributed by atoms with Crippen molar-refractivity contribution in [2.75, 3.05) is 12.3 Å². The molecule has 1 amide bonds. The Labute approximate surface area is 160 Å². The van der Waals surface area contributed by atoms with Gasteiger partial charge in [-0.1, -0.05) is 47.0 Å². The normalized spacial score (nSPS) is 15.3. The minimum Gasteiger partial charge on any atom is -0.411 e. The first kappa shape index (κ1) is 18.5. The second-order valence-corrected chi connectivity index (χ2v) is 7.98. The molecule has 5 nitrogen and oxygen atoms in total. The smallest absolute Gasteiger partial charge is 0.277 e. The second kappa shape index (κ2) is 8.85. The Balaban J connectivity index is 1.57. The molecule has 0 saturated heterocycles. The SMILES string of the molecule is CCN(C(=O)CSc1nnc(-c2ccc(Br)cc2)o1)C1CCCCC1. The quantitative estimate of drug-likeness (QED) is 0.625. The van der Waals surface area contributed by atoms with Gasteiger partial charge in [0, 0.05) is 22.6 Å². The second-order valence-electron chi connectivity index (χ2n) is 6.14. The van der Waals surface area contributed by atoms with Crippen molar-refractivity contribution in [3.63, 3.8) is 0 Å². The topological polar surface area (TPSA) is 59.2 Å². The van der Waals surface area contributed by atoms with E-state index in [9.17, 15) is 4.79 Å². The minimum atomic E-state index is 0.155. The zero-order valence-corrected chi connectivity index (χ0v) is 16.7. The Morgan fingerprint density at radius 3 is 2.64 bits per heavy atom. The maximum atomic E-state index is 12.6. The minimum absolute atomic E-state index is 0.155. The summed E-state index contributed by atoms with van der Waals surface area (Å²) in [7, 11) is 0. The molecule has 1 saturated carbocycles. The van der Waals surface area contributed by atoms with Gasteiger partial charge >= 0.3 is 0 Å². The molecule has 25 heavy (non-hydrogen) atoms. The molecule has 134 valence electrons. The Morgan fingerprint density at radius 2 is 1.96 bits per heavy atom. The molecule has 1 fully saturated rings. The standard InChI is InChI=1S/C18H22BrN3O2S/c1-2-22(15-6-4-3-5-7-15)16(23)12-25-18-21-20-17(24-18)13-8-10-14(19)11-9-13/h8-11,15H,2-7,12H2,1H3. The van der Waals surface area contributed by atoms with Crippen molar-refractivity contribution in [1.82, 2.24) is 15.1 Å². The number of carbonyl (C=O) groups excluding carboxylic acids is 1. The van der Waals surface area contributed by atoms with Crippen LogP contribution in [-0.4, -0.2) is 39.3 Å². The largest absolute Gasteiger partial charge is 0.411 e. The number of hydrogen-bond donors (Lipinski definition) is 0. The Morgan fingerprint density at radius 1 is 1.24 bits per heavy atom. The highest BCUT2D eigenvalue weighted by Gasteiger charge is 2.24. The molecule has 0 N–H and O–H groups in total. The van der Waals surface area contributed by atoms with E-state index in [1.165, 1.54) is 31.0 Å². The van der Waals surface area contributed by atoms with Gasteiger partial charge in [-0.2, -0.15) is 0 Å². The summed E-state index contributed by atoms with van der Waals surface area (Å²) in [4.78, 5) is 14.6. The number of nitrogens with zero attached hydrogens (tertiary/aromatic N) is 3. The van der Waals surface area contributed by atoms with E-state index in [-0.39, 0.29) is 5.91 Å². The summed E-state index contributed by atoms with van der Waals surface area (Å²) in [6.07, 6.45) is 5.98. The number of thioether (sulfide) groups is 1. The molecule has 0 spiro atoms. The lowest BCUT2D eigenvalue weighted by molar-refractivity contribution is -0.131. The van der Waals surface area contributed by atoms with Gasteiger partial charge in [-0.15, -0.1) is 10.2 Å². The molecule has 1 aromatic carbocycles. The molecule has 1 aliphatic carbocycles. The Bertz CT molecular complexity index is 699. The van der Waals surface area contributed by atoms with Gasteiger partial charge in [0.15, 0.2) is 0 Å². The van der Waals surface area contributed by atoms with E-state index in [1.54, 1.807) is 0 Å². The zero-order chi connectivity index (χ0) is 17.6. The van der Waals surface area contributed by atoms with Gasteiger partial charge in [0.1, 0.15) is 0 Å². The summed E-state index contributed by atoms with van der Waals surface area (Å²) >= 11 is 4.72. The molecule has 0 bridgehead atoms. The average molecular weight is 424 g/mol. The number of amides is 1. The lowest BCUT2D eigenvalue weighted by Crippen LogP contribution is -2.42. The van der Waals surface area contributed by atoms with E-state index in [0.29, 0.717) is 22.9 Å². The van der Waals surface area contributed by atoms with E-state index >= 15 is 0 Å². The van der Waals surface area contributed by atoms with Crippen LogP contribution in [0, 0.1) is 0 Å². The van der Waals surface area contributed by atoms with Crippen molar-refractivity contribution >= 4 is 33.6 Å². The van der Waals surface area contributed by atoms with Crippen LogP contribution < -0.4 is 0 Å². The highest BCUT2D eigenvalue weighted by Crippen LogP contribution is 2.26. The van der Waals surface area contributed by atoms with Gasteiger partial charge in [-0.05, 0) is 44.0 Å². The molecular formula is C18H22BrN3O2S. The molecule has 0 unspecified atom stereocenters. The van der Waals surface area contributed by atoms with E-state index in [4.69, 9.17) is 4.42 Å². The predicted molar refractivity (Wildman–Crippen MR) is 102 cm³/mol. The fraction of sp³-hybridized carbons (Fsp3) is 0.500. The van der Waals surface area contributed by atoms with Crippen LogP contribution >= 0.6 is 27.7 Å². The van der Waals surface area contributed by atoms with Crippen LogP contribution in [0.5, 0.6) is 0 Å². The fourth-order valence-corrected chi connectivity index (χ4v) is 4.13. The summed E-state index contributed by atoms with van der Waals surface area (Å²) in [6.45, 7) is 2.81. The average Bonchev–Trinajstić information content (AvgIpc) is 3.11. The van der Waals surface area contributed by atoms with Gasteiger partial charge in [-0.25, -0.2) is 0 Å². The van der Waals surface area contributed by atoms with Crippen LogP contribution in [0.1, 0.15) is 39.0 Å². The molecule has 7 heteroatoms. The first-order valence-corrected chi connectivity index (χ1v) is 10.5. The Hall–Kier alpha value is -1.34. The van der Waals surface area contributed by atoms with Gasteiger partial charge in [-0.3, -0.25) is 4.79 Å². The molecule has 1 aromatic heterocycles. The molecule has 1 heterocycles. The molecule has 0 atom stereocenters. The van der Waals surface area contributed by atoms with Crippen molar-refractivity contribution in [1.29, 1.82) is 0 Å². The van der Waals surface area contributed by atoms with Crippen LogP contribution in [0.4, 0.5) is 0 Å². The highest BCUT2D eigenvalue weighted by molar-refractivity contribution is 9.10. The number of carbonyl (C=O) groups is 1. The van der Waals surface area contributed by atoms with Crippen LogP contribution in [0.2, 0.25) is 0 Å². The fourth-order valence-electron chi connectivity index (χ4n) is 3.21. The lowest BCUT2D eigenvalue weighted by atomic mass is 9.94. The summed E-state index contributed by atoms with van der Waals surface area (Å²) in [5.41, 5.74) is 0.867. The van der Waals surface area contributed by atoms with Crippen molar-refractivity contribution in [3.8, 4) is 11.5 Å². The van der Waals surface area contributed by atoms with E-state index < -0.39 is 0 Å². The summed E-state index contributed by atoms with van der Waals surface area (Å²) in [6, 6.07) is 8.09. The summed E-state index contributed by atoms with van der Waals surface area (Å²) in [5.74, 6) is 0.969. The third-order valence-electron chi connectivity index (χ3n) is 4.49. The number of aromatic nitrogens is 2. The monoisotopic (exact) mass is 423 g/mol. The van der Waals surface area contributed by atoms with Crippen molar-refractivity contribution < 1.29 is 9.21 Å². The van der Waals surface area contributed by atoms with Crippen molar-refractivity contribution in [2.45, 2.75) is 50.3 Å². The maximum absolute atomic E-state index is 12.6. The van der Waals surface area contributed by atoms with Crippen LogP contribution in [-0.2, 0) is 4.79 Å². The number of rotatable bonds is 6. The van der Waals surface area contributed by atoms with E-state index in [1.807, 2.05) is 29.2 Å². The summed E-state index contributed by atoms with van der Waals surface area (Å²) < 4.78 is 6.67. The van der Waals surface area contributed by atoms with E-state index in [2.05, 4.69) is 33.1 Å². The first-order valence-electron chi connectivity index (χ1n) is 8.69. The Kier molecular flexibility index (Phi) is 6.53. The van der Waals surface area contributed by atoms with Gasteiger partial charge in [0.2, 0.25) is 11.8 Å². The van der Waals surface area contributed by atoms with Crippen molar-refractivity contribution in [2.24, 2.45) is 0 Å². The van der Waals surface area contributed by atoms with Crippen LogP contribution in [0.15, 0.2) is 38.4 Å². The lowest BCUT2D eigenvalue weighted by Gasteiger charge is -2.33. The van der Waals surface area contributed by atoms with E-state index in [0.717, 1.165) is 29.4 Å². The zero-order valence-electron chi connectivity index (χ0n) is 14.3. The van der Waals surface area contributed by atoms with Crippen LogP contribution in [0.25, 0.3) is 11.5 Å². The molecule has 0 aliphatic heterocycles. The third-order valence-corrected chi connectivity index (χ3v) is 5.83. The number of hydrogen-bond acceptors (Lipinski definition) is 5. The van der Waals surface area contributed by atoms with Crippen molar-refractivity contribution in [3.05, 3.63) is 28.7 Å². The predicted octanol–water partition coefficient (Wildman–Crippen LogP) is 4.77. The number of benzene rings is 1. The van der Waals surface area contributed by atoms with Gasteiger partial charge in [0.25, 0.3) is 5.22 Å². The van der Waals surface area contributed by atoms with Gasteiger partial charge < -0.3 is 9.32 Å². The first-order chi connectivity index (χ1) is 12.2. The van der Waals surface area contributed by atoms with Crippen LogP contribution in [0.3, 0.4) is 0 Å².